The van der Waals surface area contributed by atoms with Crippen molar-refractivity contribution in [3.8, 4) is 0 Å². The van der Waals surface area contributed by atoms with E-state index in [4.69, 9.17) is 19.3 Å². The van der Waals surface area contributed by atoms with Crippen molar-refractivity contribution in [2.24, 2.45) is 0 Å². The first-order valence-corrected chi connectivity index (χ1v) is 24.3. The Morgan fingerprint density at radius 2 is 0.818 bits per heavy atom. The van der Waals surface area contributed by atoms with Crippen LogP contribution in [0.5, 0.6) is 0 Å². The zero-order chi connectivity index (χ0) is 40.3. The minimum absolute atomic E-state index is 0.165. The summed E-state index contributed by atoms with van der Waals surface area (Å²) in [4.78, 5) is 42.9. The molecule has 0 aromatic heterocycles. The van der Waals surface area contributed by atoms with Crippen LogP contribution >= 0.6 is 7.82 Å². The van der Waals surface area contributed by atoms with Gasteiger partial charge in [0.05, 0.1) is 6.61 Å². The van der Waals surface area contributed by atoms with Crippen LogP contribution in [0.3, 0.4) is 0 Å². The molecule has 0 aliphatic carbocycles. The predicted octanol–water partition coefficient (Wildman–Crippen LogP) is 14.1. The molecule has 0 aliphatic heterocycles. The van der Waals surface area contributed by atoms with E-state index in [1.807, 2.05) is 0 Å². The predicted molar refractivity (Wildman–Crippen MR) is 230 cm³/mol. The number of phosphoric acid groups is 1. The van der Waals surface area contributed by atoms with Crippen LogP contribution in [-0.4, -0.2) is 41.0 Å². The second kappa shape index (κ2) is 41.9. The summed E-state index contributed by atoms with van der Waals surface area (Å²) in [7, 11) is -4.76. The monoisotopic (exact) mass is 797 g/mol. The molecule has 0 aliphatic rings. The number of allylic oxidation sites excluding steroid dienone is 6. The Morgan fingerprint density at radius 1 is 0.473 bits per heavy atom. The molecular weight excluding hydrogens is 711 g/mol. The quantitative estimate of drug-likeness (QED) is 0.0271. The van der Waals surface area contributed by atoms with Crippen molar-refractivity contribution in [2.45, 2.75) is 232 Å². The number of hydrogen-bond donors (Lipinski definition) is 2. The molecule has 0 spiro atoms. The van der Waals surface area contributed by atoms with Crippen molar-refractivity contribution in [3.05, 3.63) is 36.5 Å². The smallest absolute Gasteiger partial charge is 0.462 e. The Hall–Kier alpha value is -1.73. The van der Waals surface area contributed by atoms with E-state index in [-0.39, 0.29) is 19.4 Å². The molecule has 0 unspecified atom stereocenters. The number of phosphoric ester groups is 1. The molecule has 0 bridgehead atoms. The van der Waals surface area contributed by atoms with E-state index in [1.54, 1.807) is 0 Å². The average molecular weight is 797 g/mol. The maximum atomic E-state index is 12.4. The number of hydrogen-bond acceptors (Lipinski definition) is 6. The molecular formula is C46H85O8P. The normalized spacial score (nSPS) is 12.7. The highest BCUT2D eigenvalue weighted by atomic mass is 31.2. The average Bonchev–Trinajstić information content (AvgIpc) is 3.16. The summed E-state index contributed by atoms with van der Waals surface area (Å²) in [6.07, 6.45) is 50.2. The van der Waals surface area contributed by atoms with Crippen molar-refractivity contribution < 1.29 is 37.9 Å². The number of rotatable bonds is 42. The molecule has 55 heavy (non-hydrogen) atoms. The highest BCUT2D eigenvalue weighted by Gasteiger charge is 2.22. The lowest BCUT2D eigenvalue weighted by atomic mass is 10.0. The number of unbranched alkanes of at least 4 members (excludes halogenated alkanes) is 26. The number of carbonyl (C=O) groups excluding carboxylic acids is 2. The Labute approximate surface area is 338 Å². The topological polar surface area (TPSA) is 119 Å². The van der Waals surface area contributed by atoms with Crippen LogP contribution < -0.4 is 0 Å². The molecule has 322 valence electrons. The largest absolute Gasteiger partial charge is 0.469 e. The third-order valence-corrected chi connectivity index (χ3v) is 10.4. The molecule has 0 amide bonds. The number of carbonyl (C=O) groups is 2. The molecule has 0 saturated heterocycles. The second-order valence-electron chi connectivity index (χ2n) is 15.4. The van der Waals surface area contributed by atoms with Crippen LogP contribution in [0.2, 0.25) is 0 Å². The summed E-state index contributed by atoms with van der Waals surface area (Å²) >= 11 is 0. The summed E-state index contributed by atoms with van der Waals surface area (Å²) in [5.74, 6) is -0.921. The fourth-order valence-electron chi connectivity index (χ4n) is 6.50. The van der Waals surface area contributed by atoms with Gasteiger partial charge in [-0.2, -0.15) is 0 Å². The molecule has 8 nitrogen and oxygen atoms in total. The SMILES string of the molecule is CCCCC/C=C/C/C=C/C/C=C/CCCCC(=O)O[C@H](COC(=O)CCCCCCCCCCCCCCCCCCCCCCCC)COP(=O)(O)O. The zero-order valence-corrected chi connectivity index (χ0v) is 36.5. The van der Waals surface area contributed by atoms with Crippen molar-refractivity contribution in [2.75, 3.05) is 13.2 Å². The lowest BCUT2D eigenvalue weighted by Gasteiger charge is -2.18. The van der Waals surface area contributed by atoms with Gasteiger partial charge in [-0.3, -0.25) is 14.1 Å². The van der Waals surface area contributed by atoms with Crippen LogP contribution in [0.25, 0.3) is 0 Å². The van der Waals surface area contributed by atoms with Crippen molar-refractivity contribution in [3.63, 3.8) is 0 Å². The molecule has 9 heteroatoms. The Bertz CT molecular complexity index is 988. The summed E-state index contributed by atoms with van der Waals surface area (Å²) < 4.78 is 26.4. The van der Waals surface area contributed by atoms with E-state index in [0.717, 1.165) is 51.4 Å². The molecule has 2 N–H and O–H groups in total. The Morgan fingerprint density at radius 3 is 1.25 bits per heavy atom. The summed E-state index contributed by atoms with van der Waals surface area (Å²) in [6.45, 7) is 3.65. The van der Waals surface area contributed by atoms with Gasteiger partial charge >= 0.3 is 19.8 Å². The molecule has 0 saturated carbocycles. The minimum atomic E-state index is -4.76. The summed E-state index contributed by atoms with van der Waals surface area (Å²) in [5, 5.41) is 0. The third kappa shape index (κ3) is 44.8. The third-order valence-electron chi connectivity index (χ3n) is 9.91. The zero-order valence-electron chi connectivity index (χ0n) is 35.6. The van der Waals surface area contributed by atoms with Crippen molar-refractivity contribution in [1.82, 2.24) is 0 Å². The highest BCUT2D eigenvalue weighted by Crippen LogP contribution is 2.36. The molecule has 0 fully saturated rings. The van der Waals surface area contributed by atoms with Crippen LogP contribution in [0.1, 0.15) is 226 Å². The summed E-state index contributed by atoms with van der Waals surface area (Å²) in [6, 6.07) is 0. The van der Waals surface area contributed by atoms with Gasteiger partial charge in [0.25, 0.3) is 0 Å². The van der Waals surface area contributed by atoms with E-state index >= 15 is 0 Å². The minimum Gasteiger partial charge on any atom is -0.462 e. The van der Waals surface area contributed by atoms with Gasteiger partial charge in [-0.05, 0) is 51.4 Å². The molecule has 0 rings (SSSR count). The van der Waals surface area contributed by atoms with Crippen LogP contribution in [0, 0.1) is 0 Å². The van der Waals surface area contributed by atoms with Gasteiger partial charge in [-0.15, -0.1) is 0 Å². The fraction of sp³-hybridized carbons (Fsp3) is 0.826. The van der Waals surface area contributed by atoms with Crippen LogP contribution in [-0.2, 0) is 28.2 Å². The lowest BCUT2D eigenvalue weighted by Crippen LogP contribution is -2.29. The van der Waals surface area contributed by atoms with Gasteiger partial charge in [-0.25, -0.2) is 4.57 Å². The first-order valence-electron chi connectivity index (χ1n) is 22.8. The van der Waals surface area contributed by atoms with E-state index < -0.39 is 32.5 Å². The Kier molecular flexibility index (Phi) is 40.6. The maximum absolute atomic E-state index is 12.4. The summed E-state index contributed by atoms with van der Waals surface area (Å²) in [5.41, 5.74) is 0. The molecule has 0 aromatic rings. The standard InChI is InChI=1S/C46H85O8P/c1-3-5-7-9-11-13-15-17-19-20-21-22-23-24-25-27-28-30-32-34-36-38-40-45(47)52-42-44(43-53-55(49,50)51)54-46(48)41-39-37-35-33-31-29-26-18-16-14-12-10-8-6-4-2/h12,14,18,26,31,33,44H,3-11,13,15-17,19-25,27-30,32,34-43H2,1-2H3,(H2,49,50,51)/b14-12+,26-18+,33-31+/t44-/m1/s1. The van der Waals surface area contributed by atoms with Crippen LogP contribution in [0.4, 0.5) is 0 Å². The second-order valence-corrected chi connectivity index (χ2v) is 16.6. The van der Waals surface area contributed by atoms with Gasteiger partial charge < -0.3 is 19.3 Å². The highest BCUT2D eigenvalue weighted by molar-refractivity contribution is 7.46. The number of esters is 2. The first-order chi connectivity index (χ1) is 26.8. The van der Waals surface area contributed by atoms with Gasteiger partial charge in [-0.1, -0.05) is 198 Å². The maximum Gasteiger partial charge on any atom is 0.469 e. The van der Waals surface area contributed by atoms with Gasteiger partial charge in [0.2, 0.25) is 0 Å². The van der Waals surface area contributed by atoms with Crippen LogP contribution in [0.15, 0.2) is 36.5 Å². The number of ether oxygens (including phenoxy) is 2. The van der Waals surface area contributed by atoms with Gasteiger partial charge in [0.15, 0.2) is 6.10 Å². The lowest BCUT2D eigenvalue weighted by molar-refractivity contribution is -0.161. The van der Waals surface area contributed by atoms with Gasteiger partial charge in [0, 0.05) is 12.8 Å². The Balaban J connectivity index is 3.86. The van der Waals surface area contributed by atoms with Gasteiger partial charge in [0.1, 0.15) is 6.61 Å². The molecule has 0 heterocycles. The first kappa shape index (κ1) is 53.3. The van der Waals surface area contributed by atoms with Crippen molar-refractivity contribution in [1.29, 1.82) is 0 Å². The molecule has 0 aromatic carbocycles. The van der Waals surface area contributed by atoms with Crippen molar-refractivity contribution >= 4 is 19.8 Å². The van der Waals surface area contributed by atoms with E-state index in [1.165, 1.54) is 141 Å². The molecule has 1 atom stereocenters. The van der Waals surface area contributed by atoms with E-state index in [0.29, 0.717) is 6.42 Å². The fourth-order valence-corrected chi connectivity index (χ4v) is 6.86. The van der Waals surface area contributed by atoms with E-state index in [2.05, 4.69) is 54.8 Å². The molecule has 0 radical (unpaired) electrons. The van der Waals surface area contributed by atoms with E-state index in [9.17, 15) is 14.2 Å².